The Labute approximate surface area is 96.4 Å². The molecule has 1 heterocycles. The summed E-state index contributed by atoms with van der Waals surface area (Å²) in [5.41, 5.74) is 7.78. The molecule has 0 bridgehead atoms. The van der Waals surface area contributed by atoms with Gasteiger partial charge in [0.05, 0.1) is 17.7 Å². The Morgan fingerprint density at radius 2 is 2.31 bits per heavy atom. The molecule has 5 nitrogen and oxygen atoms in total. The van der Waals surface area contributed by atoms with Crippen molar-refractivity contribution in [2.75, 3.05) is 12.8 Å². The minimum atomic E-state index is -0.433. The molecule has 0 saturated heterocycles. The van der Waals surface area contributed by atoms with E-state index >= 15 is 0 Å². The second-order valence-electron chi connectivity index (χ2n) is 3.43. The van der Waals surface area contributed by atoms with Gasteiger partial charge in [0.15, 0.2) is 0 Å². The molecule has 6 heteroatoms. The summed E-state index contributed by atoms with van der Waals surface area (Å²) in [6.07, 6.45) is 0. The summed E-state index contributed by atoms with van der Waals surface area (Å²) in [6.45, 7) is 1.75. The maximum absolute atomic E-state index is 11.5. The highest BCUT2D eigenvalue weighted by Crippen LogP contribution is 2.31. The molecule has 0 radical (unpaired) electrons. The molecule has 1 unspecified atom stereocenters. The summed E-state index contributed by atoms with van der Waals surface area (Å²) in [5.74, 6) is -0.759. The lowest BCUT2D eigenvalue weighted by molar-refractivity contribution is -0.141. The normalized spacial score (nSPS) is 12.6. The molecule has 0 spiro atoms. The zero-order valence-corrected chi connectivity index (χ0v) is 9.75. The van der Waals surface area contributed by atoms with E-state index in [9.17, 15) is 4.79 Å². The van der Waals surface area contributed by atoms with E-state index in [1.165, 1.54) is 18.6 Å². The fraction of sp³-hybridized carbons (Fsp3) is 0.300. The molecule has 0 fully saturated rings. The van der Waals surface area contributed by atoms with Crippen LogP contribution in [0.2, 0.25) is 0 Å². The van der Waals surface area contributed by atoms with Gasteiger partial charge in [-0.15, -0.1) is 5.10 Å². The molecule has 0 aliphatic rings. The lowest BCUT2D eigenvalue weighted by Gasteiger charge is -2.12. The maximum Gasteiger partial charge on any atom is 0.313 e. The fourth-order valence-electron chi connectivity index (χ4n) is 1.64. The number of hydrogen-bond acceptors (Lipinski definition) is 6. The number of aromatic nitrogens is 2. The van der Waals surface area contributed by atoms with Crippen LogP contribution in [0.15, 0.2) is 12.1 Å². The first kappa shape index (κ1) is 10.8. The van der Waals surface area contributed by atoms with E-state index in [0.29, 0.717) is 16.8 Å². The summed E-state index contributed by atoms with van der Waals surface area (Å²) in [7, 11) is 1.36. The molecule has 84 valence electrons. The van der Waals surface area contributed by atoms with Crippen molar-refractivity contribution in [2.24, 2.45) is 0 Å². The van der Waals surface area contributed by atoms with Gasteiger partial charge in [0.2, 0.25) is 0 Å². The van der Waals surface area contributed by atoms with Crippen molar-refractivity contribution < 1.29 is 9.53 Å². The Bertz CT molecular complexity index is 538. The van der Waals surface area contributed by atoms with E-state index in [2.05, 4.69) is 9.59 Å². The highest BCUT2D eigenvalue weighted by Gasteiger charge is 2.22. The van der Waals surface area contributed by atoms with E-state index in [1.807, 2.05) is 6.07 Å². The zero-order valence-electron chi connectivity index (χ0n) is 8.93. The Balaban J connectivity index is 2.61. The van der Waals surface area contributed by atoms with Crippen molar-refractivity contribution in [3.8, 4) is 0 Å². The number of methoxy groups -OCH3 is 1. The van der Waals surface area contributed by atoms with Gasteiger partial charge < -0.3 is 10.5 Å². The molecule has 0 aliphatic heterocycles. The van der Waals surface area contributed by atoms with Crippen molar-refractivity contribution in [2.45, 2.75) is 12.8 Å². The third-order valence-corrected chi connectivity index (χ3v) is 3.17. The third kappa shape index (κ3) is 1.61. The predicted molar refractivity (Wildman–Crippen MR) is 62.3 cm³/mol. The Hall–Kier alpha value is -1.69. The Morgan fingerprint density at radius 3 is 3.00 bits per heavy atom. The van der Waals surface area contributed by atoms with Crippen LogP contribution in [0.3, 0.4) is 0 Å². The smallest absolute Gasteiger partial charge is 0.313 e. The number of ether oxygens (including phenoxy) is 1. The van der Waals surface area contributed by atoms with Crippen molar-refractivity contribution in [1.29, 1.82) is 0 Å². The van der Waals surface area contributed by atoms with Gasteiger partial charge in [0.25, 0.3) is 0 Å². The zero-order chi connectivity index (χ0) is 11.7. The highest BCUT2D eigenvalue weighted by molar-refractivity contribution is 7.13. The van der Waals surface area contributed by atoms with Crippen molar-refractivity contribution in [3.05, 3.63) is 17.7 Å². The minimum absolute atomic E-state index is 0.327. The van der Waals surface area contributed by atoms with Crippen LogP contribution in [-0.2, 0) is 9.53 Å². The van der Waals surface area contributed by atoms with Crippen molar-refractivity contribution in [1.82, 2.24) is 9.59 Å². The van der Waals surface area contributed by atoms with E-state index in [1.54, 1.807) is 13.0 Å². The van der Waals surface area contributed by atoms with Crippen LogP contribution in [-0.4, -0.2) is 22.7 Å². The number of carbonyl (C=O) groups is 1. The van der Waals surface area contributed by atoms with E-state index in [-0.39, 0.29) is 5.97 Å². The number of benzene rings is 1. The number of anilines is 1. The third-order valence-electron chi connectivity index (χ3n) is 2.48. The van der Waals surface area contributed by atoms with E-state index in [4.69, 9.17) is 10.5 Å². The van der Waals surface area contributed by atoms with Crippen LogP contribution in [0.4, 0.5) is 5.69 Å². The van der Waals surface area contributed by atoms with Crippen LogP contribution in [0.5, 0.6) is 0 Å². The number of fused-ring (bicyclic) bond motifs is 1. The summed E-state index contributed by atoms with van der Waals surface area (Å²) in [4.78, 5) is 11.5. The van der Waals surface area contributed by atoms with Gasteiger partial charge in [-0.05, 0) is 30.6 Å². The quantitative estimate of drug-likeness (QED) is 0.633. The minimum Gasteiger partial charge on any atom is -0.469 e. The highest BCUT2D eigenvalue weighted by atomic mass is 32.1. The monoisotopic (exact) mass is 237 g/mol. The Morgan fingerprint density at radius 1 is 1.56 bits per heavy atom. The first-order valence-electron chi connectivity index (χ1n) is 4.73. The van der Waals surface area contributed by atoms with Crippen molar-refractivity contribution in [3.63, 3.8) is 0 Å². The molecule has 2 rings (SSSR count). The topological polar surface area (TPSA) is 78.1 Å². The van der Waals surface area contributed by atoms with Gasteiger partial charge in [0.1, 0.15) is 5.52 Å². The van der Waals surface area contributed by atoms with Gasteiger partial charge in [-0.3, -0.25) is 4.79 Å². The van der Waals surface area contributed by atoms with Gasteiger partial charge >= 0.3 is 5.97 Å². The van der Waals surface area contributed by atoms with Crippen LogP contribution in [0, 0.1) is 0 Å². The second kappa shape index (κ2) is 4.05. The number of rotatable bonds is 2. The van der Waals surface area contributed by atoms with Gasteiger partial charge in [-0.2, -0.15) is 0 Å². The van der Waals surface area contributed by atoms with Crippen LogP contribution in [0.25, 0.3) is 10.2 Å². The molecule has 2 N–H and O–H groups in total. The lowest BCUT2D eigenvalue weighted by atomic mass is 9.98. The summed E-state index contributed by atoms with van der Waals surface area (Å²) < 4.78 is 9.48. The predicted octanol–water partition coefficient (Wildman–Crippen LogP) is 1.55. The number of carbonyl (C=O) groups excluding carboxylic acids is 1. The molecule has 1 aromatic heterocycles. The molecule has 0 aliphatic carbocycles. The van der Waals surface area contributed by atoms with Crippen LogP contribution < -0.4 is 5.73 Å². The number of nitrogens with zero attached hydrogens (tertiary/aromatic N) is 2. The lowest BCUT2D eigenvalue weighted by Crippen LogP contribution is -2.13. The summed E-state index contributed by atoms with van der Waals surface area (Å²) >= 11 is 1.28. The summed E-state index contributed by atoms with van der Waals surface area (Å²) in [6, 6.07) is 3.61. The fourth-order valence-corrected chi connectivity index (χ4v) is 2.21. The molecule has 1 aromatic carbocycles. The molecule has 0 amide bonds. The molecular formula is C10H11N3O2S. The number of hydrogen-bond donors (Lipinski definition) is 1. The molecule has 16 heavy (non-hydrogen) atoms. The molecular weight excluding hydrogens is 226 g/mol. The average Bonchev–Trinajstić information content (AvgIpc) is 2.75. The van der Waals surface area contributed by atoms with E-state index < -0.39 is 5.92 Å². The Kier molecular flexibility index (Phi) is 2.74. The van der Waals surface area contributed by atoms with Gasteiger partial charge in [-0.1, -0.05) is 4.49 Å². The van der Waals surface area contributed by atoms with E-state index in [0.717, 1.165) is 4.70 Å². The molecule has 1 atom stereocenters. The van der Waals surface area contributed by atoms with Gasteiger partial charge in [-0.25, -0.2) is 0 Å². The van der Waals surface area contributed by atoms with Crippen LogP contribution >= 0.6 is 11.5 Å². The number of nitrogen functional groups attached to an aromatic ring is 1. The van der Waals surface area contributed by atoms with Crippen LogP contribution in [0.1, 0.15) is 18.4 Å². The standard InChI is InChI=1S/C10H11N3O2S/c1-5(10(14)15-2)8-6(11)3-4-7-9(8)12-13-16-7/h3-5H,11H2,1-2H3. The second-order valence-corrected chi connectivity index (χ2v) is 4.22. The van der Waals surface area contributed by atoms with Crippen molar-refractivity contribution >= 4 is 33.4 Å². The average molecular weight is 237 g/mol. The number of nitrogens with two attached hydrogens (primary N) is 1. The number of esters is 1. The van der Waals surface area contributed by atoms with Gasteiger partial charge in [0, 0.05) is 11.3 Å². The molecule has 0 saturated carbocycles. The first-order valence-corrected chi connectivity index (χ1v) is 5.50. The largest absolute Gasteiger partial charge is 0.469 e. The molecule has 2 aromatic rings. The SMILES string of the molecule is COC(=O)C(C)c1c(N)ccc2snnc12. The summed E-state index contributed by atoms with van der Waals surface area (Å²) in [5, 5.41) is 4.00. The maximum atomic E-state index is 11.5. The first-order chi connectivity index (χ1) is 7.65.